The van der Waals surface area contributed by atoms with Gasteiger partial charge in [-0.3, -0.25) is 0 Å². The molecular weight excluding hydrogens is 275 g/mol. The van der Waals surface area contributed by atoms with E-state index in [1.165, 1.54) is 0 Å². The number of alkyl halides is 3. The van der Waals surface area contributed by atoms with Crippen LogP contribution in [0.1, 0.15) is 18.3 Å². The molecule has 0 spiro atoms. The summed E-state index contributed by atoms with van der Waals surface area (Å²) in [7, 11) is 0. The summed E-state index contributed by atoms with van der Waals surface area (Å²) in [6.45, 7) is 2.39. The summed E-state index contributed by atoms with van der Waals surface area (Å²) in [6.07, 6.45) is -4.46. The van der Waals surface area contributed by atoms with Crippen LogP contribution in [-0.2, 0) is 17.5 Å². The molecule has 20 heavy (non-hydrogen) atoms. The van der Waals surface area contributed by atoms with E-state index in [2.05, 4.69) is 10.1 Å². The molecule has 0 amide bonds. The molecule has 2 aromatic rings. The first-order valence-electron chi connectivity index (χ1n) is 5.79. The lowest BCUT2D eigenvalue weighted by Crippen LogP contribution is -2.05. The number of nitrogen functional groups attached to an aromatic ring is 1. The van der Waals surface area contributed by atoms with Gasteiger partial charge in [0.25, 0.3) is 5.89 Å². The number of hydrogen-bond donors (Lipinski definition) is 1. The summed E-state index contributed by atoms with van der Waals surface area (Å²) in [6, 6.07) is 2.94. The van der Waals surface area contributed by atoms with Gasteiger partial charge in [0.15, 0.2) is 5.82 Å². The van der Waals surface area contributed by atoms with Crippen molar-refractivity contribution in [3.8, 4) is 11.5 Å². The maximum atomic E-state index is 12.7. The van der Waals surface area contributed by atoms with Crippen molar-refractivity contribution in [2.24, 2.45) is 0 Å². The number of rotatable bonds is 4. The molecule has 0 fully saturated rings. The van der Waals surface area contributed by atoms with Crippen LogP contribution in [0.15, 0.2) is 22.7 Å². The van der Waals surface area contributed by atoms with Crippen LogP contribution in [0, 0.1) is 0 Å². The van der Waals surface area contributed by atoms with Gasteiger partial charge in [-0.1, -0.05) is 5.16 Å². The highest BCUT2D eigenvalue weighted by molar-refractivity contribution is 5.71. The second kappa shape index (κ2) is 5.49. The zero-order valence-corrected chi connectivity index (χ0v) is 10.6. The summed E-state index contributed by atoms with van der Waals surface area (Å²) in [5.74, 6) is 0.182. The summed E-state index contributed by atoms with van der Waals surface area (Å²) in [5, 5.41) is 3.62. The average molecular weight is 287 g/mol. The maximum absolute atomic E-state index is 12.7. The van der Waals surface area contributed by atoms with E-state index in [1.807, 2.05) is 0 Å². The van der Waals surface area contributed by atoms with Crippen LogP contribution in [0.3, 0.4) is 0 Å². The second-order valence-corrected chi connectivity index (χ2v) is 3.95. The van der Waals surface area contributed by atoms with Crippen LogP contribution < -0.4 is 5.73 Å². The molecule has 0 aliphatic rings. The SMILES string of the molecule is CCOCc1noc(-c2cc(C(F)(F)F)ccc2N)n1. The molecule has 2 rings (SSSR count). The Bertz CT molecular complexity index is 596. The van der Waals surface area contributed by atoms with Gasteiger partial charge in [-0.05, 0) is 25.1 Å². The summed E-state index contributed by atoms with van der Waals surface area (Å²) in [5.41, 5.74) is 5.00. The van der Waals surface area contributed by atoms with Crippen LogP contribution in [-0.4, -0.2) is 16.7 Å². The van der Waals surface area contributed by atoms with E-state index in [0.29, 0.717) is 6.61 Å². The zero-order chi connectivity index (χ0) is 14.8. The van der Waals surface area contributed by atoms with E-state index in [0.717, 1.165) is 18.2 Å². The number of nitrogens with zero attached hydrogens (tertiary/aromatic N) is 2. The predicted octanol–water partition coefficient (Wildman–Crippen LogP) is 2.87. The lowest BCUT2D eigenvalue weighted by Gasteiger charge is -2.08. The first kappa shape index (κ1) is 14.3. The van der Waals surface area contributed by atoms with Crippen molar-refractivity contribution in [2.75, 3.05) is 12.3 Å². The molecule has 0 saturated heterocycles. The molecule has 0 bridgehead atoms. The van der Waals surface area contributed by atoms with E-state index in [4.69, 9.17) is 15.0 Å². The van der Waals surface area contributed by atoms with Crippen LogP contribution in [0.5, 0.6) is 0 Å². The number of ether oxygens (including phenoxy) is 1. The van der Waals surface area contributed by atoms with Crippen LogP contribution in [0.4, 0.5) is 18.9 Å². The van der Waals surface area contributed by atoms with Crippen LogP contribution in [0.25, 0.3) is 11.5 Å². The molecule has 8 heteroatoms. The van der Waals surface area contributed by atoms with Gasteiger partial charge in [0, 0.05) is 12.3 Å². The van der Waals surface area contributed by atoms with Crippen molar-refractivity contribution < 1.29 is 22.4 Å². The molecule has 0 aliphatic heterocycles. The molecule has 108 valence electrons. The molecule has 0 atom stereocenters. The van der Waals surface area contributed by atoms with Crippen molar-refractivity contribution in [2.45, 2.75) is 19.7 Å². The third-order valence-corrected chi connectivity index (χ3v) is 2.51. The Morgan fingerprint density at radius 2 is 2.10 bits per heavy atom. The van der Waals surface area contributed by atoms with Gasteiger partial charge in [0.1, 0.15) is 6.61 Å². The highest BCUT2D eigenvalue weighted by Crippen LogP contribution is 2.34. The minimum Gasteiger partial charge on any atom is -0.398 e. The Morgan fingerprint density at radius 1 is 1.35 bits per heavy atom. The minimum absolute atomic E-state index is 0.0510. The van der Waals surface area contributed by atoms with Crippen molar-refractivity contribution in [1.82, 2.24) is 10.1 Å². The van der Waals surface area contributed by atoms with E-state index in [1.54, 1.807) is 6.92 Å². The summed E-state index contributed by atoms with van der Waals surface area (Å²) in [4.78, 5) is 3.95. The fourth-order valence-corrected chi connectivity index (χ4v) is 1.53. The molecule has 0 unspecified atom stereocenters. The van der Waals surface area contributed by atoms with Gasteiger partial charge < -0.3 is 15.0 Å². The molecule has 0 aliphatic carbocycles. The Morgan fingerprint density at radius 3 is 2.75 bits per heavy atom. The first-order valence-corrected chi connectivity index (χ1v) is 5.79. The fourth-order valence-electron chi connectivity index (χ4n) is 1.53. The standard InChI is InChI=1S/C12H12F3N3O2/c1-2-19-6-10-17-11(20-18-10)8-5-7(12(13,14)15)3-4-9(8)16/h3-5H,2,6,16H2,1H3. The van der Waals surface area contributed by atoms with Crippen molar-refractivity contribution in [1.29, 1.82) is 0 Å². The molecular formula is C12H12F3N3O2. The van der Waals surface area contributed by atoms with E-state index in [9.17, 15) is 13.2 Å². The van der Waals surface area contributed by atoms with Crippen LogP contribution >= 0.6 is 0 Å². The first-order chi connectivity index (χ1) is 9.41. The fraction of sp³-hybridized carbons (Fsp3) is 0.333. The van der Waals surface area contributed by atoms with Gasteiger partial charge in [-0.2, -0.15) is 18.2 Å². The van der Waals surface area contributed by atoms with E-state index in [-0.39, 0.29) is 29.6 Å². The minimum atomic E-state index is -4.46. The lowest BCUT2D eigenvalue weighted by atomic mass is 10.1. The number of anilines is 1. The normalized spacial score (nSPS) is 11.8. The monoisotopic (exact) mass is 287 g/mol. The van der Waals surface area contributed by atoms with Gasteiger partial charge >= 0.3 is 6.18 Å². The van der Waals surface area contributed by atoms with Gasteiger partial charge in [-0.25, -0.2) is 0 Å². The number of halogens is 3. The van der Waals surface area contributed by atoms with Crippen molar-refractivity contribution in [3.63, 3.8) is 0 Å². The van der Waals surface area contributed by atoms with Crippen molar-refractivity contribution >= 4 is 5.69 Å². The third kappa shape index (κ3) is 3.08. The Labute approximate surface area is 112 Å². The van der Waals surface area contributed by atoms with Crippen LogP contribution in [0.2, 0.25) is 0 Å². The zero-order valence-electron chi connectivity index (χ0n) is 10.6. The highest BCUT2D eigenvalue weighted by Gasteiger charge is 2.31. The maximum Gasteiger partial charge on any atom is 0.416 e. The quantitative estimate of drug-likeness (QED) is 0.875. The van der Waals surface area contributed by atoms with Crippen molar-refractivity contribution in [3.05, 3.63) is 29.6 Å². The number of aromatic nitrogens is 2. The molecule has 1 aromatic carbocycles. The molecule has 1 aromatic heterocycles. The Balaban J connectivity index is 2.34. The Hall–Kier alpha value is -2.09. The average Bonchev–Trinajstić information content (AvgIpc) is 2.84. The topological polar surface area (TPSA) is 74.2 Å². The number of benzene rings is 1. The third-order valence-electron chi connectivity index (χ3n) is 2.51. The van der Waals surface area contributed by atoms with E-state index < -0.39 is 11.7 Å². The molecule has 5 nitrogen and oxygen atoms in total. The molecule has 0 radical (unpaired) electrons. The van der Waals surface area contributed by atoms with E-state index >= 15 is 0 Å². The second-order valence-electron chi connectivity index (χ2n) is 3.95. The summed E-state index contributed by atoms with van der Waals surface area (Å²) >= 11 is 0. The van der Waals surface area contributed by atoms with Gasteiger partial charge in [0.05, 0.1) is 11.1 Å². The molecule has 0 saturated carbocycles. The Kier molecular flexibility index (Phi) is 3.93. The summed E-state index contributed by atoms with van der Waals surface area (Å²) < 4.78 is 48.0. The largest absolute Gasteiger partial charge is 0.416 e. The van der Waals surface area contributed by atoms with Gasteiger partial charge in [-0.15, -0.1) is 0 Å². The molecule has 2 N–H and O–H groups in total. The number of hydrogen-bond acceptors (Lipinski definition) is 5. The highest BCUT2D eigenvalue weighted by atomic mass is 19.4. The smallest absolute Gasteiger partial charge is 0.398 e. The predicted molar refractivity (Wildman–Crippen MR) is 64.5 cm³/mol. The number of nitrogens with two attached hydrogens (primary N) is 1. The lowest BCUT2D eigenvalue weighted by molar-refractivity contribution is -0.137. The molecule has 1 heterocycles. The van der Waals surface area contributed by atoms with Gasteiger partial charge in [0.2, 0.25) is 0 Å².